The van der Waals surface area contributed by atoms with E-state index in [-0.39, 0.29) is 12.1 Å². The smallest absolute Gasteiger partial charge is 0.123 e. The maximum Gasteiger partial charge on any atom is 0.123 e. The first-order chi connectivity index (χ1) is 11.2. The summed E-state index contributed by atoms with van der Waals surface area (Å²) in [4.78, 5) is 0. The summed E-state index contributed by atoms with van der Waals surface area (Å²) in [7, 11) is 3.37. The second kappa shape index (κ2) is 8.39. The molecule has 0 spiro atoms. The molecule has 0 bridgehead atoms. The third-order valence-corrected chi connectivity index (χ3v) is 3.96. The van der Waals surface area contributed by atoms with Crippen LogP contribution in [0.25, 0.3) is 0 Å². The molecule has 3 nitrogen and oxygen atoms in total. The average molecular weight is 311 g/mol. The van der Waals surface area contributed by atoms with Crippen LogP contribution in [0.4, 0.5) is 0 Å². The van der Waals surface area contributed by atoms with Crippen molar-refractivity contribution in [2.24, 2.45) is 0 Å². The molecule has 0 aliphatic carbocycles. The summed E-state index contributed by atoms with van der Waals surface area (Å²) in [6.07, 6.45) is 2.81. The Hall–Kier alpha value is -2.26. The Balaban J connectivity index is 2.25. The molecule has 0 fully saturated rings. The molecule has 0 unspecified atom stereocenters. The van der Waals surface area contributed by atoms with Gasteiger partial charge in [0, 0.05) is 17.6 Å². The molecule has 0 saturated heterocycles. The molecule has 0 aliphatic rings. The summed E-state index contributed by atoms with van der Waals surface area (Å²) in [5.74, 6) is 1.69. The van der Waals surface area contributed by atoms with Crippen molar-refractivity contribution >= 4 is 0 Å². The Morgan fingerprint density at radius 2 is 1.83 bits per heavy atom. The zero-order valence-corrected chi connectivity index (χ0v) is 14.1. The van der Waals surface area contributed by atoms with Gasteiger partial charge in [-0.1, -0.05) is 36.4 Å². The molecule has 2 aromatic rings. The maximum atomic E-state index is 5.50. The summed E-state index contributed by atoms with van der Waals surface area (Å²) < 4.78 is 10.8. The lowest BCUT2D eigenvalue weighted by Crippen LogP contribution is -2.24. The quantitative estimate of drug-likeness (QED) is 0.719. The SMILES string of the molecule is C=CC[C@@H](N[C@H](C)c1cc(OC)ccc1OC)c1ccccc1. The Bertz CT molecular complexity index is 625. The second-order valence-electron chi connectivity index (χ2n) is 5.48. The predicted octanol–water partition coefficient (Wildman–Crippen LogP) is 4.67. The van der Waals surface area contributed by atoms with Gasteiger partial charge in [-0.3, -0.25) is 0 Å². The van der Waals surface area contributed by atoms with Crippen molar-refractivity contribution in [1.29, 1.82) is 0 Å². The first kappa shape index (κ1) is 17.1. The van der Waals surface area contributed by atoms with E-state index in [4.69, 9.17) is 9.47 Å². The van der Waals surface area contributed by atoms with Gasteiger partial charge >= 0.3 is 0 Å². The van der Waals surface area contributed by atoms with E-state index in [1.54, 1.807) is 14.2 Å². The number of ether oxygens (including phenoxy) is 2. The van der Waals surface area contributed by atoms with Gasteiger partial charge < -0.3 is 14.8 Å². The van der Waals surface area contributed by atoms with Crippen LogP contribution in [0.2, 0.25) is 0 Å². The van der Waals surface area contributed by atoms with Crippen LogP contribution >= 0.6 is 0 Å². The Labute approximate surface area is 138 Å². The van der Waals surface area contributed by atoms with Gasteiger partial charge in [-0.05, 0) is 37.1 Å². The number of methoxy groups -OCH3 is 2. The molecule has 23 heavy (non-hydrogen) atoms. The molecule has 3 heteroatoms. The van der Waals surface area contributed by atoms with Crippen LogP contribution in [-0.2, 0) is 0 Å². The molecule has 2 rings (SSSR count). The van der Waals surface area contributed by atoms with E-state index in [1.807, 2.05) is 30.3 Å². The molecule has 0 amide bonds. The van der Waals surface area contributed by atoms with E-state index in [0.29, 0.717) is 0 Å². The van der Waals surface area contributed by atoms with Crippen LogP contribution in [0, 0.1) is 0 Å². The highest BCUT2D eigenvalue weighted by Gasteiger charge is 2.17. The van der Waals surface area contributed by atoms with E-state index in [9.17, 15) is 0 Å². The van der Waals surface area contributed by atoms with Crippen LogP contribution in [-0.4, -0.2) is 14.2 Å². The number of benzene rings is 2. The lowest BCUT2D eigenvalue weighted by molar-refractivity contribution is 0.385. The molecule has 0 heterocycles. The number of hydrogen-bond donors (Lipinski definition) is 1. The normalized spacial score (nSPS) is 13.2. The predicted molar refractivity (Wildman–Crippen MR) is 95.1 cm³/mol. The van der Waals surface area contributed by atoms with Gasteiger partial charge in [0.25, 0.3) is 0 Å². The zero-order valence-electron chi connectivity index (χ0n) is 14.1. The highest BCUT2D eigenvalue weighted by molar-refractivity contribution is 5.42. The molecule has 0 radical (unpaired) electrons. The van der Waals surface area contributed by atoms with Crippen molar-refractivity contribution in [2.45, 2.75) is 25.4 Å². The minimum absolute atomic E-state index is 0.116. The molecule has 122 valence electrons. The van der Waals surface area contributed by atoms with Gasteiger partial charge in [0.2, 0.25) is 0 Å². The highest BCUT2D eigenvalue weighted by atomic mass is 16.5. The van der Waals surface area contributed by atoms with Crippen LogP contribution in [0.1, 0.15) is 36.6 Å². The van der Waals surface area contributed by atoms with Crippen molar-refractivity contribution < 1.29 is 9.47 Å². The van der Waals surface area contributed by atoms with Crippen LogP contribution < -0.4 is 14.8 Å². The topological polar surface area (TPSA) is 30.5 Å². The van der Waals surface area contributed by atoms with Crippen LogP contribution in [0.5, 0.6) is 11.5 Å². The van der Waals surface area contributed by atoms with Crippen LogP contribution in [0.15, 0.2) is 61.2 Å². The molecule has 0 saturated carbocycles. The van der Waals surface area contributed by atoms with E-state index in [2.05, 4.69) is 43.1 Å². The molecule has 0 aromatic heterocycles. The fourth-order valence-electron chi connectivity index (χ4n) is 2.72. The lowest BCUT2D eigenvalue weighted by Gasteiger charge is -2.24. The minimum Gasteiger partial charge on any atom is -0.497 e. The third-order valence-electron chi connectivity index (χ3n) is 3.96. The first-order valence-electron chi connectivity index (χ1n) is 7.83. The fourth-order valence-corrected chi connectivity index (χ4v) is 2.72. The molecule has 2 aromatic carbocycles. The van der Waals surface area contributed by atoms with E-state index >= 15 is 0 Å². The van der Waals surface area contributed by atoms with E-state index < -0.39 is 0 Å². The summed E-state index contributed by atoms with van der Waals surface area (Å²) in [5, 5.41) is 3.67. The van der Waals surface area contributed by atoms with Crippen LogP contribution in [0.3, 0.4) is 0 Å². The van der Waals surface area contributed by atoms with Crippen molar-refractivity contribution in [1.82, 2.24) is 5.32 Å². The fraction of sp³-hybridized carbons (Fsp3) is 0.300. The highest BCUT2D eigenvalue weighted by Crippen LogP contribution is 2.31. The van der Waals surface area contributed by atoms with Crippen molar-refractivity contribution in [3.05, 3.63) is 72.3 Å². The Morgan fingerprint density at radius 3 is 2.43 bits per heavy atom. The largest absolute Gasteiger partial charge is 0.497 e. The average Bonchev–Trinajstić information content (AvgIpc) is 2.61. The Morgan fingerprint density at radius 1 is 1.09 bits per heavy atom. The van der Waals surface area contributed by atoms with Crippen molar-refractivity contribution in [2.75, 3.05) is 14.2 Å². The van der Waals surface area contributed by atoms with E-state index in [0.717, 1.165) is 23.5 Å². The Kier molecular flexibility index (Phi) is 6.24. The van der Waals surface area contributed by atoms with Gasteiger partial charge in [-0.25, -0.2) is 0 Å². The maximum absolute atomic E-state index is 5.50. The summed E-state index contributed by atoms with van der Waals surface area (Å²) in [6.45, 7) is 6.02. The van der Waals surface area contributed by atoms with Crippen molar-refractivity contribution in [3.63, 3.8) is 0 Å². The molecule has 2 atom stereocenters. The van der Waals surface area contributed by atoms with E-state index in [1.165, 1.54) is 5.56 Å². The first-order valence-corrected chi connectivity index (χ1v) is 7.83. The summed E-state index contributed by atoms with van der Waals surface area (Å²) in [5.41, 5.74) is 2.33. The second-order valence-corrected chi connectivity index (χ2v) is 5.48. The van der Waals surface area contributed by atoms with Gasteiger partial charge in [-0.2, -0.15) is 0 Å². The third kappa shape index (κ3) is 4.36. The minimum atomic E-state index is 0.116. The number of hydrogen-bond acceptors (Lipinski definition) is 3. The monoisotopic (exact) mass is 311 g/mol. The molecular formula is C20H25NO2. The molecule has 1 N–H and O–H groups in total. The standard InChI is InChI=1S/C20H25NO2/c1-5-9-19(16-10-7-6-8-11-16)21-15(2)18-14-17(22-3)12-13-20(18)23-4/h5-8,10-15,19,21H,1,9H2,2-4H3/t15-,19-/m1/s1. The van der Waals surface area contributed by atoms with Crippen molar-refractivity contribution in [3.8, 4) is 11.5 Å². The summed E-state index contributed by atoms with van der Waals surface area (Å²) in [6, 6.07) is 16.6. The van der Waals surface area contributed by atoms with Gasteiger partial charge in [0.1, 0.15) is 11.5 Å². The van der Waals surface area contributed by atoms with Gasteiger partial charge in [0.15, 0.2) is 0 Å². The summed E-state index contributed by atoms with van der Waals surface area (Å²) >= 11 is 0. The zero-order chi connectivity index (χ0) is 16.7. The molecule has 0 aliphatic heterocycles. The number of nitrogens with one attached hydrogen (secondary N) is 1. The number of rotatable bonds is 8. The van der Waals surface area contributed by atoms with Gasteiger partial charge in [-0.15, -0.1) is 6.58 Å². The molecular weight excluding hydrogens is 286 g/mol. The lowest BCUT2D eigenvalue weighted by atomic mass is 10.00. The van der Waals surface area contributed by atoms with Gasteiger partial charge in [0.05, 0.1) is 14.2 Å².